The zero-order valence-corrected chi connectivity index (χ0v) is 12.6. The van der Waals surface area contributed by atoms with Crippen molar-refractivity contribution in [3.63, 3.8) is 0 Å². The number of ether oxygens (including phenoxy) is 1. The van der Waals surface area contributed by atoms with Gasteiger partial charge < -0.3 is 10.5 Å². The van der Waals surface area contributed by atoms with Crippen LogP contribution in [0.15, 0.2) is 48.5 Å². The van der Waals surface area contributed by atoms with E-state index in [0.717, 1.165) is 11.1 Å². The van der Waals surface area contributed by atoms with E-state index in [-0.39, 0.29) is 6.61 Å². The van der Waals surface area contributed by atoms with E-state index in [1.807, 2.05) is 31.2 Å². The molecule has 0 atom stereocenters. The minimum absolute atomic E-state index is 0.193. The second-order valence-corrected chi connectivity index (χ2v) is 5.01. The van der Waals surface area contributed by atoms with E-state index in [0.29, 0.717) is 11.3 Å². The van der Waals surface area contributed by atoms with Gasteiger partial charge in [-0.1, -0.05) is 35.9 Å². The molecule has 0 saturated carbocycles. The number of rotatable bonds is 4. The molecule has 2 rings (SSSR count). The number of hydrogen-bond acceptors (Lipinski definition) is 3. The van der Waals surface area contributed by atoms with Gasteiger partial charge in [0, 0.05) is 18.3 Å². The molecule has 2 N–H and O–H groups in total. The number of carbonyl (C=O) groups excluding carboxylic acids is 2. The molecule has 0 unspecified atom stereocenters. The molecule has 5 heteroatoms. The van der Waals surface area contributed by atoms with E-state index in [4.69, 9.17) is 10.5 Å². The molecule has 0 saturated heterocycles. The highest BCUT2D eigenvalue weighted by Crippen LogP contribution is 2.16. The molecule has 2 aromatic carbocycles. The first-order valence-electron chi connectivity index (χ1n) is 6.83. The molecular weight excluding hydrogens is 280 g/mol. The van der Waals surface area contributed by atoms with Crippen molar-refractivity contribution in [2.24, 2.45) is 5.73 Å². The van der Waals surface area contributed by atoms with E-state index >= 15 is 0 Å². The van der Waals surface area contributed by atoms with E-state index in [2.05, 4.69) is 0 Å². The van der Waals surface area contributed by atoms with Gasteiger partial charge >= 0.3 is 6.09 Å². The quantitative estimate of drug-likeness (QED) is 0.943. The molecule has 0 bridgehead atoms. The third kappa shape index (κ3) is 3.85. The summed E-state index contributed by atoms with van der Waals surface area (Å²) in [5.74, 6) is -0.539. The Labute approximate surface area is 129 Å². The van der Waals surface area contributed by atoms with Crippen LogP contribution in [-0.4, -0.2) is 19.0 Å². The average molecular weight is 298 g/mol. The maximum absolute atomic E-state index is 12.1. The Morgan fingerprint density at radius 3 is 2.45 bits per heavy atom. The molecule has 0 aliphatic carbocycles. The second-order valence-electron chi connectivity index (χ2n) is 5.01. The summed E-state index contributed by atoms with van der Waals surface area (Å²) in [7, 11) is 1.58. The van der Waals surface area contributed by atoms with Crippen LogP contribution < -0.4 is 10.6 Å². The largest absolute Gasteiger partial charge is 0.444 e. The number of aryl methyl sites for hydroxylation is 1. The van der Waals surface area contributed by atoms with Gasteiger partial charge in [0.2, 0.25) is 5.91 Å². The highest BCUT2D eigenvalue weighted by atomic mass is 16.6. The van der Waals surface area contributed by atoms with Gasteiger partial charge in [-0.05, 0) is 30.7 Å². The zero-order chi connectivity index (χ0) is 16.1. The van der Waals surface area contributed by atoms with Gasteiger partial charge in [-0.15, -0.1) is 0 Å². The summed E-state index contributed by atoms with van der Waals surface area (Å²) in [6.07, 6.45) is -0.498. The molecule has 0 spiro atoms. The number of amides is 2. The first-order chi connectivity index (χ1) is 10.5. The van der Waals surface area contributed by atoms with Crippen molar-refractivity contribution in [3.8, 4) is 0 Å². The number of primary amides is 1. The van der Waals surface area contributed by atoms with Crippen molar-refractivity contribution < 1.29 is 14.3 Å². The first-order valence-corrected chi connectivity index (χ1v) is 6.83. The Balaban J connectivity index is 2.01. The second kappa shape index (κ2) is 6.76. The number of hydrogen-bond donors (Lipinski definition) is 1. The Morgan fingerprint density at radius 2 is 1.82 bits per heavy atom. The summed E-state index contributed by atoms with van der Waals surface area (Å²) in [6.45, 7) is 2.19. The third-order valence-electron chi connectivity index (χ3n) is 3.27. The van der Waals surface area contributed by atoms with E-state index in [1.54, 1.807) is 31.3 Å². The summed E-state index contributed by atoms with van der Waals surface area (Å²) in [6, 6.07) is 14.3. The van der Waals surface area contributed by atoms with Crippen molar-refractivity contribution in [2.75, 3.05) is 11.9 Å². The summed E-state index contributed by atoms with van der Waals surface area (Å²) in [4.78, 5) is 24.6. The maximum atomic E-state index is 12.1. The van der Waals surface area contributed by atoms with Crippen LogP contribution in [0.2, 0.25) is 0 Å². The molecule has 0 aliphatic heterocycles. The van der Waals surface area contributed by atoms with Gasteiger partial charge in [-0.2, -0.15) is 0 Å². The highest BCUT2D eigenvalue weighted by Gasteiger charge is 2.13. The van der Waals surface area contributed by atoms with Crippen LogP contribution in [0.3, 0.4) is 0 Å². The fourth-order valence-corrected chi connectivity index (χ4v) is 1.90. The lowest BCUT2D eigenvalue weighted by molar-refractivity contribution is 0.1000. The van der Waals surface area contributed by atoms with Gasteiger partial charge in [-0.25, -0.2) is 4.79 Å². The highest BCUT2D eigenvalue weighted by molar-refractivity contribution is 5.95. The van der Waals surface area contributed by atoms with Crippen LogP contribution in [0.25, 0.3) is 0 Å². The maximum Gasteiger partial charge on any atom is 0.414 e. The van der Waals surface area contributed by atoms with E-state index < -0.39 is 12.0 Å². The number of nitrogens with zero attached hydrogens (tertiary/aromatic N) is 1. The van der Waals surface area contributed by atoms with Crippen molar-refractivity contribution in [2.45, 2.75) is 13.5 Å². The fourth-order valence-electron chi connectivity index (χ4n) is 1.90. The van der Waals surface area contributed by atoms with Crippen LogP contribution in [0.4, 0.5) is 10.5 Å². The summed E-state index contributed by atoms with van der Waals surface area (Å²) >= 11 is 0. The lowest BCUT2D eigenvalue weighted by Gasteiger charge is -2.17. The van der Waals surface area contributed by atoms with Crippen LogP contribution in [0.5, 0.6) is 0 Å². The zero-order valence-electron chi connectivity index (χ0n) is 12.6. The molecule has 0 heterocycles. The van der Waals surface area contributed by atoms with Crippen LogP contribution in [-0.2, 0) is 11.3 Å². The van der Waals surface area contributed by atoms with Crippen LogP contribution in [0.1, 0.15) is 21.5 Å². The summed E-state index contributed by atoms with van der Waals surface area (Å²) < 4.78 is 5.26. The molecule has 22 heavy (non-hydrogen) atoms. The average Bonchev–Trinajstić information content (AvgIpc) is 2.53. The molecule has 2 amide bonds. The Kier molecular flexibility index (Phi) is 4.78. The Bertz CT molecular complexity index is 681. The van der Waals surface area contributed by atoms with Crippen molar-refractivity contribution >= 4 is 17.7 Å². The standard InChI is InChI=1S/C17H18N2O3/c1-12-6-8-13(9-7-12)11-22-17(21)19(2)15-5-3-4-14(10-15)16(18)20/h3-10H,11H2,1-2H3,(H2,18,20). The van der Waals surface area contributed by atoms with E-state index in [1.165, 1.54) is 4.90 Å². The summed E-state index contributed by atoms with van der Waals surface area (Å²) in [5, 5.41) is 0. The first kappa shape index (κ1) is 15.6. The smallest absolute Gasteiger partial charge is 0.414 e. The SMILES string of the molecule is Cc1ccc(COC(=O)N(C)c2cccc(C(N)=O)c2)cc1. The molecule has 0 fully saturated rings. The predicted molar refractivity (Wildman–Crippen MR) is 84.7 cm³/mol. The lowest BCUT2D eigenvalue weighted by atomic mass is 10.2. The molecule has 114 valence electrons. The molecule has 0 aromatic heterocycles. The number of nitrogens with two attached hydrogens (primary N) is 1. The predicted octanol–water partition coefficient (Wildman–Crippen LogP) is 2.87. The molecule has 0 aliphatic rings. The van der Waals surface area contributed by atoms with Crippen LogP contribution >= 0.6 is 0 Å². The van der Waals surface area contributed by atoms with Gasteiger partial charge in [0.25, 0.3) is 0 Å². The Hall–Kier alpha value is -2.82. The number of benzene rings is 2. The normalized spacial score (nSPS) is 10.1. The molecule has 5 nitrogen and oxygen atoms in total. The van der Waals surface area contributed by atoms with Crippen molar-refractivity contribution in [3.05, 3.63) is 65.2 Å². The minimum atomic E-state index is -0.539. The van der Waals surface area contributed by atoms with Gasteiger partial charge in [0.05, 0.1) is 0 Å². The van der Waals surface area contributed by atoms with E-state index in [9.17, 15) is 9.59 Å². The Morgan fingerprint density at radius 1 is 1.14 bits per heavy atom. The molecular formula is C17H18N2O3. The number of anilines is 1. The van der Waals surface area contributed by atoms with Crippen molar-refractivity contribution in [1.29, 1.82) is 0 Å². The summed E-state index contributed by atoms with van der Waals surface area (Å²) in [5.41, 5.74) is 8.19. The third-order valence-corrected chi connectivity index (χ3v) is 3.27. The lowest BCUT2D eigenvalue weighted by Crippen LogP contribution is -2.27. The number of carbonyl (C=O) groups is 2. The molecule has 0 radical (unpaired) electrons. The fraction of sp³-hybridized carbons (Fsp3) is 0.176. The van der Waals surface area contributed by atoms with Crippen LogP contribution in [0, 0.1) is 6.92 Å². The van der Waals surface area contributed by atoms with Gasteiger partial charge in [-0.3, -0.25) is 9.69 Å². The minimum Gasteiger partial charge on any atom is -0.444 e. The molecule has 2 aromatic rings. The topological polar surface area (TPSA) is 72.6 Å². The monoisotopic (exact) mass is 298 g/mol. The van der Waals surface area contributed by atoms with Gasteiger partial charge in [0.15, 0.2) is 0 Å². The van der Waals surface area contributed by atoms with Gasteiger partial charge in [0.1, 0.15) is 6.61 Å². The van der Waals surface area contributed by atoms with Crippen molar-refractivity contribution in [1.82, 2.24) is 0 Å².